The highest BCUT2D eigenvalue weighted by atomic mass is 16.4. The predicted octanol–water partition coefficient (Wildman–Crippen LogP) is 0.875. The zero-order valence-electron chi connectivity index (χ0n) is 10.4. The summed E-state index contributed by atoms with van der Waals surface area (Å²) in [6.07, 6.45) is 4.29. The van der Waals surface area contributed by atoms with Crippen molar-refractivity contribution in [2.75, 3.05) is 6.54 Å². The van der Waals surface area contributed by atoms with Gasteiger partial charge < -0.3 is 16.2 Å². The Labute approximate surface area is 102 Å². The molecule has 1 unspecified atom stereocenters. The molecule has 17 heavy (non-hydrogen) atoms. The van der Waals surface area contributed by atoms with E-state index in [4.69, 9.17) is 10.8 Å². The molecule has 1 saturated carbocycles. The van der Waals surface area contributed by atoms with Crippen LogP contribution in [-0.2, 0) is 9.59 Å². The minimum absolute atomic E-state index is 0.123. The van der Waals surface area contributed by atoms with Crippen molar-refractivity contribution in [3.63, 3.8) is 0 Å². The molecule has 1 amide bonds. The average molecular weight is 242 g/mol. The van der Waals surface area contributed by atoms with Crippen LogP contribution >= 0.6 is 0 Å². The number of nitrogens with two attached hydrogens (primary N) is 1. The van der Waals surface area contributed by atoms with Crippen LogP contribution in [-0.4, -0.2) is 29.6 Å². The van der Waals surface area contributed by atoms with Gasteiger partial charge in [0.15, 0.2) is 0 Å². The molecule has 4 N–H and O–H groups in total. The molecule has 1 aliphatic rings. The molecule has 0 aromatic carbocycles. The van der Waals surface area contributed by atoms with E-state index in [1.807, 2.05) is 6.92 Å². The summed E-state index contributed by atoms with van der Waals surface area (Å²) in [7, 11) is 0. The van der Waals surface area contributed by atoms with E-state index in [0.717, 1.165) is 19.3 Å². The number of hydrogen-bond donors (Lipinski definition) is 3. The van der Waals surface area contributed by atoms with Crippen molar-refractivity contribution in [1.29, 1.82) is 0 Å². The topological polar surface area (TPSA) is 92.4 Å². The molecule has 1 atom stereocenters. The Balaban J connectivity index is 2.30. The summed E-state index contributed by atoms with van der Waals surface area (Å²) in [5, 5.41) is 11.8. The van der Waals surface area contributed by atoms with Crippen molar-refractivity contribution in [1.82, 2.24) is 5.32 Å². The van der Waals surface area contributed by atoms with Crippen LogP contribution in [0.2, 0.25) is 0 Å². The van der Waals surface area contributed by atoms with Crippen molar-refractivity contribution in [3.05, 3.63) is 0 Å². The lowest BCUT2D eigenvalue weighted by molar-refractivity contribution is -0.154. The van der Waals surface area contributed by atoms with Crippen molar-refractivity contribution in [2.24, 2.45) is 11.1 Å². The Morgan fingerprint density at radius 2 is 2.12 bits per heavy atom. The van der Waals surface area contributed by atoms with E-state index >= 15 is 0 Å². The summed E-state index contributed by atoms with van der Waals surface area (Å²) < 4.78 is 0. The van der Waals surface area contributed by atoms with Crippen LogP contribution in [0.4, 0.5) is 0 Å². The fourth-order valence-electron chi connectivity index (χ4n) is 2.12. The molecule has 5 nitrogen and oxygen atoms in total. The summed E-state index contributed by atoms with van der Waals surface area (Å²) in [6.45, 7) is 2.26. The Kier molecular flexibility index (Phi) is 4.93. The molecule has 1 fully saturated rings. The van der Waals surface area contributed by atoms with Crippen molar-refractivity contribution in [3.8, 4) is 0 Å². The Morgan fingerprint density at radius 3 is 2.53 bits per heavy atom. The SMILES string of the molecule is CCCC(N)CC(=O)NCC1(C(=O)O)CCC1. The lowest BCUT2D eigenvalue weighted by atomic mass is 9.69. The second kappa shape index (κ2) is 6.00. The van der Waals surface area contributed by atoms with E-state index in [9.17, 15) is 9.59 Å². The Bertz CT molecular complexity index is 287. The van der Waals surface area contributed by atoms with Crippen LogP contribution in [0.5, 0.6) is 0 Å². The van der Waals surface area contributed by atoms with Crippen molar-refractivity contribution >= 4 is 11.9 Å². The molecule has 0 spiro atoms. The zero-order chi connectivity index (χ0) is 12.9. The number of nitrogens with one attached hydrogen (secondary N) is 1. The van der Waals surface area contributed by atoms with Gasteiger partial charge >= 0.3 is 5.97 Å². The number of rotatable bonds is 7. The number of aliphatic carboxylic acids is 1. The van der Waals surface area contributed by atoms with Gasteiger partial charge in [0.1, 0.15) is 0 Å². The summed E-state index contributed by atoms with van der Waals surface area (Å²) >= 11 is 0. The number of hydrogen-bond acceptors (Lipinski definition) is 3. The second-order valence-electron chi connectivity index (χ2n) is 4.97. The van der Waals surface area contributed by atoms with Crippen LogP contribution in [0, 0.1) is 5.41 Å². The van der Waals surface area contributed by atoms with Gasteiger partial charge in [-0.25, -0.2) is 0 Å². The average Bonchev–Trinajstić information content (AvgIpc) is 2.15. The van der Waals surface area contributed by atoms with Gasteiger partial charge in [0.25, 0.3) is 0 Å². The molecule has 1 rings (SSSR count). The maximum Gasteiger partial charge on any atom is 0.311 e. The first-order valence-corrected chi connectivity index (χ1v) is 6.26. The lowest BCUT2D eigenvalue weighted by Gasteiger charge is -2.37. The third-order valence-corrected chi connectivity index (χ3v) is 3.50. The molecule has 0 radical (unpaired) electrons. The van der Waals surface area contributed by atoms with E-state index in [-0.39, 0.29) is 24.9 Å². The second-order valence-corrected chi connectivity index (χ2v) is 4.97. The highest BCUT2D eigenvalue weighted by Gasteiger charge is 2.44. The Hall–Kier alpha value is -1.10. The first-order chi connectivity index (χ1) is 8.00. The van der Waals surface area contributed by atoms with Crippen molar-refractivity contribution < 1.29 is 14.7 Å². The van der Waals surface area contributed by atoms with E-state index in [1.165, 1.54) is 0 Å². The fraction of sp³-hybridized carbons (Fsp3) is 0.833. The molecule has 0 aromatic heterocycles. The molecule has 0 saturated heterocycles. The molecular formula is C12H22N2O3. The summed E-state index contributed by atoms with van der Waals surface area (Å²) in [5.41, 5.74) is 5.04. The molecule has 1 aliphatic carbocycles. The van der Waals surface area contributed by atoms with Crippen LogP contribution < -0.4 is 11.1 Å². The maximum absolute atomic E-state index is 11.6. The third-order valence-electron chi connectivity index (χ3n) is 3.50. The molecule has 0 bridgehead atoms. The van der Waals surface area contributed by atoms with E-state index < -0.39 is 11.4 Å². The van der Waals surface area contributed by atoms with E-state index in [1.54, 1.807) is 0 Å². The standard InChI is InChI=1S/C12H22N2O3/c1-2-4-9(13)7-10(15)14-8-12(11(16)17)5-3-6-12/h9H,2-8,13H2,1H3,(H,14,15)(H,16,17). The van der Waals surface area contributed by atoms with Crippen molar-refractivity contribution in [2.45, 2.75) is 51.5 Å². The van der Waals surface area contributed by atoms with Gasteiger partial charge in [-0.3, -0.25) is 9.59 Å². The third kappa shape index (κ3) is 3.70. The number of carbonyl (C=O) groups is 2. The van der Waals surface area contributed by atoms with Crippen LogP contribution in [0.25, 0.3) is 0 Å². The molecular weight excluding hydrogens is 220 g/mol. The van der Waals surface area contributed by atoms with Crippen LogP contribution in [0.3, 0.4) is 0 Å². The number of amides is 1. The van der Waals surface area contributed by atoms with Gasteiger partial charge in [0.2, 0.25) is 5.91 Å². The van der Waals surface area contributed by atoms with Crippen LogP contribution in [0.1, 0.15) is 45.4 Å². The highest BCUT2D eigenvalue weighted by Crippen LogP contribution is 2.40. The summed E-state index contributed by atoms with van der Waals surface area (Å²) in [5.74, 6) is -0.944. The summed E-state index contributed by atoms with van der Waals surface area (Å²) in [4.78, 5) is 22.6. The highest BCUT2D eigenvalue weighted by molar-refractivity contribution is 5.79. The van der Waals surface area contributed by atoms with Gasteiger partial charge in [-0.2, -0.15) is 0 Å². The number of carboxylic acid groups (broad SMARTS) is 1. The molecule has 0 aliphatic heterocycles. The van der Waals surface area contributed by atoms with Gasteiger partial charge in [-0.1, -0.05) is 19.8 Å². The minimum Gasteiger partial charge on any atom is -0.481 e. The van der Waals surface area contributed by atoms with Gasteiger partial charge in [-0.05, 0) is 19.3 Å². The molecule has 98 valence electrons. The molecule has 5 heteroatoms. The summed E-state index contributed by atoms with van der Waals surface area (Å²) in [6, 6.07) is -0.123. The molecule has 0 aromatic rings. The molecule has 0 heterocycles. The predicted molar refractivity (Wildman–Crippen MR) is 64.4 cm³/mol. The maximum atomic E-state index is 11.6. The van der Waals surface area contributed by atoms with E-state index in [0.29, 0.717) is 12.8 Å². The zero-order valence-corrected chi connectivity index (χ0v) is 10.4. The van der Waals surface area contributed by atoms with Gasteiger partial charge in [0.05, 0.1) is 5.41 Å². The number of carbonyl (C=O) groups excluding carboxylic acids is 1. The minimum atomic E-state index is -0.804. The van der Waals surface area contributed by atoms with Gasteiger partial charge in [0, 0.05) is 19.0 Å². The normalized spacial score (nSPS) is 19.2. The monoisotopic (exact) mass is 242 g/mol. The smallest absolute Gasteiger partial charge is 0.311 e. The lowest BCUT2D eigenvalue weighted by Crippen LogP contribution is -2.48. The number of carboxylic acids is 1. The first kappa shape index (κ1) is 14.0. The van der Waals surface area contributed by atoms with Crippen LogP contribution in [0.15, 0.2) is 0 Å². The largest absolute Gasteiger partial charge is 0.481 e. The fourth-order valence-corrected chi connectivity index (χ4v) is 2.12. The first-order valence-electron chi connectivity index (χ1n) is 6.26. The van der Waals surface area contributed by atoms with Gasteiger partial charge in [-0.15, -0.1) is 0 Å². The van der Waals surface area contributed by atoms with E-state index in [2.05, 4.69) is 5.32 Å². The Morgan fingerprint density at radius 1 is 1.47 bits per heavy atom. The quantitative estimate of drug-likeness (QED) is 0.617.